The molecule has 0 radical (unpaired) electrons. The molecule has 1 unspecified atom stereocenters. The quantitative estimate of drug-likeness (QED) is 0.353. The van der Waals surface area contributed by atoms with E-state index in [4.69, 9.17) is 21.1 Å². The molecule has 0 bridgehead atoms. The zero-order valence-electron chi connectivity index (χ0n) is 16.7. The van der Waals surface area contributed by atoms with Gasteiger partial charge in [0, 0.05) is 5.02 Å². The van der Waals surface area contributed by atoms with Crippen LogP contribution in [0.1, 0.15) is 12.0 Å². The molecule has 0 spiro atoms. The highest BCUT2D eigenvalue weighted by Gasteiger charge is 2.25. The van der Waals surface area contributed by atoms with Crippen molar-refractivity contribution in [2.24, 2.45) is 0 Å². The van der Waals surface area contributed by atoms with Gasteiger partial charge in [0.1, 0.15) is 5.75 Å². The summed E-state index contributed by atoms with van der Waals surface area (Å²) >= 11 is 5.92. The SMILES string of the molecule is COc1ccc(OC(CCc2ccc(-c3ccc(Cl)cc3)cc2)C(=O)O)c([N+](=O)[O-])c1. The Morgan fingerprint density at radius 3 is 2.23 bits per heavy atom. The Hall–Kier alpha value is -3.58. The summed E-state index contributed by atoms with van der Waals surface area (Å²) in [6.45, 7) is 0. The molecule has 160 valence electrons. The fraction of sp³-hybridized carbons (Fsp3) is 0.174. The molecule has 0 aliphatic rings. The van der Waals surface area contributed by atoms with E-state index in [9.17, 15) is 20.0 Å². The Labute approximate surface area is 184 Å². The van der Waals surface area contributed by atoms with E-state index in [2.05, 4.69) is 0 Å². The zero-order chi connectivity index (χ0) is 22.4. The van der Waals surface area contributed by atoms with Crippen molar-refractivity contribution in [2.45, 2.75) is 18.9 Å². The molecule has 1 N–H and O–H groups in total. The number of nitrogens with zero attached hydrogens (tertiary/aromatic N) is 1. The van der Waals surface area contributed by atoms with E-state index in [0.29, 0.717) is 11.4 Å². The second-order valence-corrected chi connectivity index (χ2v) is 7.21. The summed E-state index contributed by atoms with van der Waals surface area (Å²) < 4.78 is 10.5. The number of hydrogen-bond acceptors (Lipinski definition) is 5. The van der Waals surface area contributed by atoms with Gasteiger partial charge >= 0.3 is 11.7 Å². The summed E-state index contributed by atoms with van der Waals surface area (Å²) in [5.74, 6) is -1.02. The third kappa shape index (κ3) is 5.73. The second-order valence-electron chi connectivity index (χ2n) is 6.78. The third-order valence-corrected chi connectivity index (χ3v) is 4.99. The van der Waals surface area contributed by atoms with E-state index in [0.717, 1.165) is 16.7 Å². The highest BCUT2D eigenvalue weighted by molar-refractivity contribution is 6.30. The highest BCUT2D eigenvalue weighted by atomic mass is 35.5. The third-order valence-electron chi connectivity index (χ3n) is 4.73. The molecule has 0 aliphatic carbocycles. The van der Waals surface area contributed by atoms with Gasteiger partial charge in [-0.25, -0.2) is 4.79 Å². The fourth-order valence-electron chi connectivity index (χ4n) is 3.06. The number of carboxylic acids is 1. The minimum absolute atomic E-state index is 0.115. The maximum atomic E-state index is 11.7. The first-order valence-electron chi connectivity index (χ1n) is 9.44. The van der Waals surface area contributed by atoms with Crippen molar-refractivity contribution in [1.82, 2.24) is 0 Å². The van der Waals surface area contributed by atoms with Crippen molar-refractivity contribution in [3.05, 3.63) is 87.4 Å². The summed E-state index contributed by atoms with van der Waals surface area (Å²) in [4.78, 5) is 22.3. The molecule has 3 rings (SSSR count). The van der Waals surface area contributed by atoms with Crippen LogP contribution in [0.4, 0.5) is 5.69 Å². The van der Waals surface area contributed by atoms with Crippen LogP contribution in [0.3, 0.4) is 0 Å². The predicted octanol–water partition coefficient (Wildman–Crippen LogP) is 5.39. The smallest absolute Gasteiger partial charge is 0.344 e. The van der Waals surface area contributed by atoms with Gasteiger partial charge < -0.3 is 14.6 Å². The lowest BCUT2D eigenvalue weighted by Gasteiger charge is -2.15. The molecular formula is C23H20ClNO6. The fourth-order valence-corrected chi connectivity index (χ4v) is 3.18. The number of carboxylic acid groups (broad SMARTS) is 1. The van der Waals surface area contributed by atoms with E-state index < -0.39 is 17.0 Å². The maximum absolute atomic E-state index is 11.7. The molecule has 0 aliphatic heterocycles. The number of nitro groups is 1. The van der Waals surface area contributed by atoms with Gasteiger partial charge in [0.05, 0.1) is 18.1 Å². The van der Waals surface area contributed by atoms with Gasteiger partial charge in [-0.3, -0.25) is 10.1 Å². The van der Waals surface area contributed by atoms with Gasteiger partial charge in [-0.1, -0.05) is 48.0 Å². The van der Waals surface area contributed by atoms with E-state index in [1.165, 1.54) is 25.3 Å². The van der Waals surface area contributed by atoms with Gasteiger partial charge in [-0.05, 0) is 53.8 Å². The number of rotatable bonds is 9. The first kappa shape index (κ1) is 22.1. The Morgan fingerprint density at radius 1 is 1.06 bits per heavy atom. The standard InChI is InChI=1S/C23H20ClNO6/c1-30-19-11-13-21(20(14-19)25(28)29)31-22(23(26)27)12-4-15-2-5-16(6-3-15)17-7-9-18(24)10-8-17/h2-3,5-11,13-14,22H,4,12H2,1H3,(H,26,27). The molecule has 0 heterocycles. The van der Waals surface area contributed by atoms with Crippen LogP contribution in [0.25, 0.3) is 11.1 Å². The molecule has 31 heavy (non-hydrogen) atoms. The van der Waals surface area contributed by atoms with E-state index in [1.54, 1.807) is 0 Å². The average molecular weight is 442 g/mol. The molecule has 0 saturated carbocycles. The summed E-state index contributed by atoms with van der Waals surface area (Å²) in [5, 5.41) is 21.5. The molecule has 0 saturated heterocycles. The molecule has 1 atom stereocenters. The van der Waals surface area contributed by atoms with Crippen LogP contribution < -0.4 is 9.47 Å². The number of benzene rings is 3. The van der Waals surface area contributed by atoms with Crippen molar-refractivity contribution in [3.63, 3.8) is 0 Å². The molecule has 3 aromatic carbocycles. The Kier molecular flexibility index (Phi) is 7.10. The van der Waals surface area contributed by atoms with Crippen molar-refractivity contribution in [1.29, 1.82) is 0 Å². The van der Waals surface area contributed by atoms with Crippen LogP contribution in [0.15, 0.2) is 66.7 Å². The van der Waals surface area contributed by atoms with Crippen molar-refractivity contribution < 1.29 is 24.3 Å². The first-order valence-corrected chi connectivity index (χ1v) is 9.82. The topological polar surface area (TPSA) is 98.9 Å². The number of aliphatic carboxylic acids is 1. The van der Waals surface area contributed by atoms with Gasteiger partial charge in [-0.15, -0.1) is 0 Å². The average Bonchev–Trinajstić information content (AvgIpc) is 2.77. The summed E-state index contributed by atoms with van der Waals surface area (Å²) in [7, 11) is 1.39. The number of nitro benzene ring substituents is 1. The molecule has 0 fully saturated rings. The maximum Gasteiger partial charge on any atom is 0.344 e. The van der Waals surface area contributed by atoms with Crippen LogP contribution in [0, 0.1) is 10.1 Å². The van der Waals surface area contributed by atoms with Crippen LogP contribution in [-0.2, 0) is 11.2 Å². The zero-order valence-corrected chi connectivity index (χ0v) is 17.4. The summed E-state index contributed by atoms with van der Waals surface area (Å²) in [6, 6.07) is 19.2. The Morgan fingerprint density at radius 2 is 1.68 bits per heavy atom. The first-order chi connectivity index (χ1) is 14.9. The summed E-state index contributed by atoms with van der Waals surface area (Å²) in [6.07, 6.45) is -0.649. The van der Waals surface area contributed by atoms with E-state index >= 15 is 0 Å². The number of hydrogen-bond donors (Lipinski definition) is 1. The van der Waals surface area contributed by atoms with Crippen LogP contribution in [-0.4, -0.2) is 29.2 Å². The number of carbonyl (C=O) groups is 1. The molecule has 0 aromatic heterocycles. The minimum atomic E-state index is -1.23. The Balaban J connectivity index is 1.69. The van der Waals surface area contributed by atoms with Crippen molar-refractivity contribution in [3.8, 4) is 22.6 Å². The minimum Gasteiger partial charge on any atom is -0.496 e. The normalized spacial score (nSPS) is 11.5. The van der Waals surface area contributed by atoms with Gasteiger partial charge in [0.25, 0.3) is 0 Å². The van der Waals surface area contributed by atoms with Gasteiger partial charge in [0.2, 0.25) is 0 Å². The number of methoxy groups -OCH3 is 1. The lowest BCUT2D eigenvalue weighted by molar-refractivity contribution is -0.386. The lowest BCUT2D eigenvalue weighted by Crippen LogP contribution is -2.28. The molecule has 3 aromatic rings. The van der Waals surface area contributed by atoms with Crippen LogP contribution in [0.5, 0.6) is 11.5 Å². The number of aryl methyl sites for hydroxylation is 1. The van der Waals surface area contributed by atoms with Crippen molar-refractivity contribution in [2.75, 3.05) is 7.11 Å². The lowest BCUT2D eigenvalue weighted by atomic mass is 10.0. The van der Waals surface area contributed by atoms with Gasteiger partial charge in [-0.2, -0.15) is 0 Å². The van der Waals surface area contributed by atoms with E-state index in [1.807, 2.05) is 48.5 Å². The number of halogens is 1. The van der Waals surface area contributed by atoms with Crippen LogP contribution >= 0.6 is 11.6 Å². The predicted molar refractivity (Wildman–Crippen MR) is 117 cm³/mol. The van der Waals surface area contributed by atoms with E-state index in [-0.39, 0.29) is 23.6 Å². The molecule has 8 heteroatoms. The largest absolute Gasteiger partial charge is 0.496 e. The Bertz CT molecular complexity index is 1070. The van der Waals surface area contributed by atoms with Crippen molar-refractivity contribution >= 4 is 23.3 Å². The molecular weight excluding hydrogens is 422 g/mol. The number of ether oxygens (including phenoxy) is 2. The summed E-state index contributed by atoms with van der Waals surface area (Å²) in [5.41, 5.74) is 2.62. The van der Waals surface area contributed by atoms with Crippen LogP contribution in [0.2, 0.25) is 5.02 Å². The molecule has 0 amide bonds. The highest BCUT2D eigenvalue weighted by Crippen LogP contribution is 2.32. The molecule has 7 nitrogen and oxygen atoms in total. The van der Waals surface area contributed by atoms with Gasteiger partial charge in [0.15, 0.2) is 11.9 Å². The second kappa shape index (κ2) is 9.95. The monoisotopic (exact) mass is 441 g/mol.